The minimum absolute atomic E-state index is 0.224. The lowest BCUT2D eigenvalue weighted by Crippen LogP contribution is -2.37. The van der Waals surface area contributed by atoms with Crippen molar-refractivity contribution in [2.45, 2.75) is 96.5 Å². The second-order valence-electron chi connectivity index (χ2n) is 10.8. The first-order chi connectivity index (χ1) is 17.3. The van der Waals surface area contributed by atoms with Gasteiger partial charge in [-0.2, -0.15) is 0 Å². The van der Waals surface area contributed by atoms with Crippen molar-refractivity contribution in [1.29, 1.82) is 0 Å². The summed E-state index contributed by atoms with van der Waals surface area (Å²) in [5.74, 6) is 0.846. The van der Waals surface area contributed by atoms with Crippen molar-refractivity contribution in [2.75, 3.05) is 54.6 Å². The van der Waals surface area contributed by atoms with Gasteiger partial charge in [-0.15, -0.1) is 0 Å². The summed E-state index contributed by atoms with van der Waals surface area (Å²) in [7, 11) is 5.96. The zero-order valence-corrected chi connectivity index (χ0v) is 24.8. The molecule has 0 aliphatic rings. The lowest BCUT2D eigenvalue weighted by molar-refractivity contribution is -0.870. The fourth-order valence-electron chi connectivity index (χ4n) is 3.91. The second kappa shape index (κ2) is 21.2. The van der Waals surface area contributed by atoms with E-state index in [2.05, 4.69) is 46.3 Å². The average Bonchev–Trinajstić information content (AvgIpc) is 2.84. The zero-order chi connectivity index (χ0) is 26.5. The van der Waals surface area contributed by atoms with E-state index in [1.807, 2.05) is 6.07 Å². The molecular weight excluding hydrogens is 473 g/mol. The van der Waals surface area contributed by atoms with Crippen molar-refractivity contribution in [1.82, 2.24) is 0 Å². The fourth-order valence-corrected chi connectivity index (χ4v) is 4.52. The molecule has 36 heavy (non-hydrogen) atoms. The Bertz CT molecular complexity index is 640. The number of quaternary nitrogens is 1. The smallest absolute Gasteiger partial charge is 0.330 e. The molecule has 0 aliphatic carbocycles. The van der Waals surface area contributed by atoms with E-state index < -0.39 is 8.60 Å². The lowest BCUT2D eigenvalue weighted by Gasteiger charge is -2.24. The van der Waals surface area contributed by atoms with Crippen molar-refractivity contribution in [2.24, 2.45) is 0 Å². The summed E-state index contributed by atoms with van der Waals surface area (Å²) in [6.07, 6.45) is 17.3. The molecule has 210 valence electrons. The molecule has 0 saturated carbocycles. The molecule has 1 aromatic rings. The van der Waals surface area contributed by atoms with E-state index in [9.17, 15) is 4.89 Å². The number of hydrogen-bond donors (Lipinski definition) is 1. The van der Waals surface area contributed by atoms with Gasteiger partial charge in [-0.1, -0.05) is 89.7 Å². The molecule has 0 aromatic heterocycles. The van der Waals surface area contributed by atoms with Crippen LogP contribution in [0.4, 0.5) is 0 Å². The minimum Gasteiger partial charge on any atom is -0.491 e. The Morgan fingerprint density at radius 3 is 2.03 bits per heavy atom. The summed E-state index contributed by atoms with van der Waals surface area (Å²) < 4.78 is 23.0. The molecule has 6 nitrogen and oxygen atoms in total. The van der Waals surface area contributed by atoms with Gasteiger partial charge in [-0.3, -0.25) is 0 Å². The van der Waals surface area contributed by atoms with Gasteiger partial charge in [0.1, 0.15) is 31.6 Å². The highest BCUT2D eigenvalue weighted by molar-refractivity contribution is 7.40. The number of rotatable bonds is 24. The van der Waals surface area contributed by atoms with Gasteiger partial charge in [-0.25, -0.2) is 0 Å². The summed E-state index contributed by atoms with van der Waals surface area (Å²) in [6.45, 7) is 4.11. The third-order valence-corrected chi connectivity index (χ3v) is 7.09. The van der Waals surface area contributed by atoms with Crippen molar-refractivity contribution in [3.8, 4) is 5.75 Å². The molecule has 0 fully saturated rings. The van der Waals surface area contributed by atoms with Crippen molar-refractivity contribution >= 4 is 8.60 Å². The first-order valence-corrected chi connectivity index (χ1v) is 15.3. The summed E-state index contributed by atoms with van der Waals surface area (Å²) in [4.78, 5) is 9.94. The van der Waals surface area contributed by atoms with Gasteiger partial charge in [-0.05, 0) is 30.5 Å². The minimum atomic E-state index is -1.91. The molecule has 0 amide bonds. The Hall–Kier alpha value is -0.750. The van der Waals surface area contributed by atoms with Crippen LogP contribution in [0.1, 0.15) is 89.5 Å². The maximum absolute atomic E-state index is 9.94. The fraction of sp³-hybridized carbons (Fsp3) is 0.793. The van der Waals surface area contributed by atoms with E-state index >= 15 is 0 Å². The van der Waals surface area contributed by atoms with E-state index in [-0.39, 0.29) is 12.7 Å². The first-order valence-electron chi connectivity index (χ1n) is 14.1. The van der Waals surface area contributed by atoms with Gasteiger partial charge >= 0.3 is 8.60 Å². The van der Waals surface area contributed by atoms with Crippen LogP contribution in [0.15, 0.2) is 24.3 Å². The van der Waals surface area contributed by atoms with Gasteiger partial charge in [0.05, 0.1) is 27.7 Å². The molecular formula is C29H55NO5P+. The van der Waals surface area contributed by atoms with Crippen LogP contribution >= 0.6 is 8.60 Å². The number of nitrogens with zero attached hydrogens (tertiary/aromatic N) is 1. The SMILES string of the molecule is CCCCCCCCCCCCCCc1cccc(OCC(COP(O)OCC[N+](C)(C)C)OC)c1. The average molecular weight is 529 g/mol. The van der Waals surface area contributed by atoms with Crippen molar-refractivity contribution in [3.05, 3.63) is 29.8 Å². The highest BCUT2D eigenvalue weighted by atomic mass is 31.2. The molecule has 0 bridgehead atoms. The molecule has 1 N–H and O–H groups in total. The molecule has 0 aliphatic heterocycles. The van der Waals surface area contributed by atoms with E-state index in [0.717, 1.165) is 23.2 Å². The Labute approximate surface area is 223 Å². The maximum Gasteiger partial charge on any atom is 0.330 e. The summed E-state index contributed by atoms with van der Waals surface area (Å²) >= 11 is 0. The van der Waals surface area contributed by atoms with Gasteiger partial charge in [0.25, 0.3) is 0 Å². The third-order valence-electron chi connectivity index (χ3n) is 6.32. The maximum atomic E-state index is 9.94. The lowest BCUT2D eigenvalue weighted by atomic mass is 10.0. The number of ether oxygens (including phenoxy) is 2. The molecule has 1 aromatic carbocycles. The number of likely N-dealkylation sites (N-methyl/N-ethyl adjacent to an activating group) is 1. The van der Waals surface area contributed by atoms with Crippen LogP contribution in [0, 0.1) is 0 Å². The molecule has 0 heterocycles. The van der Waals surface area contributed by atoms with Crippen LogP contribution in [0.25, 0.3) is 0 Å². The third kappa shape index (κ3) is 19.4. The monoisotopic (exact) mass is 528 g/mol. The second-order valence-corrected chi connectivity index (χ2v) is 11.8. The molecule has 2 atom stereocenters. The van der Waals surface area contributed by atoms with Crippen LogP contribution in [0.2, 0.25) is 0 Å². The van der Waals surface area contributed by atoms with E-state index in [4.69, 9.17) is 18.5 Å². The molecule has 0 spiro atoms. The van der Waals surface area contributed by atoms with Gasteiger partial charge in [0.15, 0.2) is 0 Å². The predicted molar refractivity (Wildman–Crippen MR) is 151 cm³/mol. The Kier molecular flexibility index (Phi) is 19.6. The van der Waals surface area contributed by atoms with Crippen molar-refractivity contribution < 1.29 is 27.9 Å². The van der Waals surface area contributed by atoms with Crippen LogP contribution < -0.4 is 4.74 Å². The molecule has 0 radical (unpaired) electrons. The van der Waals surface area contributed by atoms with Gasteiger partial charge < -0.3 is 27.9 Å². The van der Waals surface area contributed by atoms with Crippen LogP contribution in [0.5, 0.6) is 5.75 Å². The van der Waals surface area contributed by atoms with Crippen molar-refractivity contribution in [3.63, 3.8) is 0 Å². The Morgan fingerprint density at radius 2 is 1.44 bits per heavy atom. The van der Waals surface area contributed by atoms with Gasteiger partial charge in [0.2, 0.25) is 0 Å². The van der Waals surface area contributed by atoms with Crippen LogP contribution in [-0.4, -0.2) is 70.1 Å². The highest BCUT2D eigenvalue weighted by Gasteiger charge is 2.16. The Morgan fingerprint density at radius 1 is 0.833 bits per heavy atom. The summed E-state index contributed by atoms with van der Waals surface area (Å²) in [6, 6.07) is 8.33. The van der Waals surface area contributed by atoms with E-state index in [1.54, 1.807) is 7.11 Å². The number of unbranched alkanes of at least 4 members (excludes halogenated alkanes) is 11. The summed E-state index contributed by atoms with van der Waals surface area (Å²) in [5.41, 5.74) is 1.31. The number of methoxy groups -OCH3 is 1. The quantitative estimate of drug-likeness (QED) is 0.0868. The molecule has 0 saturated heterocycles. The largest absolute Gasteiger partial charge is 0.491 e. The van der Waals surface area contributed by atoms with E-state index in [0.29, 0.717) is 13.2 Å². The zero-order valence-electron chi connectivity index (χ0n) is 23.9. The molecule has 2 unspecified atom stereocenters. The molecule has 1 rings (SSSR count). The van der Waals surface area contributed by atoms with Crippen LogP contribution in [0.3, 0.4) is 0 Å². The van der Waals surface area contributed by atoms with Crippen LogP contribution in [-0.2, 0) is 20.2 Å². The van der Waals surface area contributed by atoms with E-state index in [1.165, 1.54) is 82.6 Å². The number of hydrogen-bond acceptors (Lipinski definition) is 5. The topological polar surface area (TPSA) is 57.2 Å². The number of benzene rings is 1. The highest BCUT2D eigenvalue weighted by Crippen LogP contribution is 2.32. The normalized spacial score (nSPS) is 13.6. The predicted octanol–water partition coefficient (Wildman–Crippen LogP) is 7.28. The Balaban J connectivity index is 2.15. The molecule has 7 heteroatoms. The summed E-state index contributed by atoms with van der Waals surface area (Å²) in [5, 5.41) is 0. The first kappa shape index (κ1) is 33.3. The standard InChI is InChI=1S/C29H55NO5P/c1-6-7-8-9-10-11-12-13-14-15-16-17-19-27-20-18-21-28(24-27)33-25-29(32-5)26-35-36(31)34-23-22-30(2,3)4/h18,20-21,24,29,31H,6-17,19,22-23,25-26H2,1-5H3/q+1. The number of aryl methyl sites for hydroxylation is 1. The van der Waals surface area contributed by atoms with Gasteiger partial charge in [0, 0.05) is 7.11 Å².